The highest BCUT2D eigenvalue weighted by molar-refractivity contribution is 7.47. The van der Waals surface area contributed by atoms with E-state index in [1.807, 2.05) is 0 Å². The lowest BCUT2D eigenvalue weighted by atomic mass is 10.0. The molecule has 55 heavy (non-hydrogen) atoms. The summed E-state index contributed by atoms with van der Waals surface area (Å²) in [4.78, 5) is 33.5. The van der Waals surface area contributed by atoms with Gasteiger partial charge < -0.3 is 25.2 Å². The van der Waals surface area contributed by atoms with E-state index in [4.69, 9.17) is 29.4 Å². The number of hydrogen-bond acceptors (Lipinski definition) is 8. The minimum absolute atomic E-state index is 0.0154. The van der Waals surface area contributed by atoms with Crippen LogP contribution >= 0.6 is 7.82 Å². The van der Waals surface area contributed by atoms with E-state index < -0.39 is 45.1 Å². The van der Waals surface area contributed by atoms with E-state index in [-0.39, 0.29) is 13.0 Å². The molecule has 0 aliphatic rings. The monoisotopic (exact) mass is 802 g/mol. The number of phosphoric ester groups is 1. The molecule has 0 spiro atoms. The Balaban J connectivity index is 4.18. The van der Waals surface area contributed by atoms with Gasteiger partial charge in [0.15, 0.2) is 0 Å². The number of esters is 1. The van der Waals surface area contributed by atoms with Crippen molar-refractivity contribution in [3.05, 3.63) is 24.3 Å². The molecule has 0 heterocycles. The van der Waals surface area contributed by atoms with Crippen LogP contribution in [0.3, 0.4) is 0 Å². The lowest BCUT2D eigenvalue weighted by Gasteiger charge is -2.20. The van der Waals surface area contributed by atoms with Crippen LogP contribution < -0.4 is 5.73 Å². The zero-order valence-corrected chi connectivity index (χ0v) is 36.2. The molecule has 4 N–H and O–H groups in total. The second-order valence-corrected chi connectivity index (χ2v) is 16.6. The first-order valence-electron chi connectivity index (χ1n) is 22.4. The molecule has 0 saturated carbocycles. The fraction of sp³-hybridized carbons (Fsp3) is 0.864. The molecule has 324 valence electrons. The van der Waals surface area contributed by atoms with Gasteiger partial charge in [-0.15, -0.1) is 0 Å². The minimum Gasteiger partial charge on any atom is -0.480 e. The number of carbonyl (C=O) groups is 2. The summed E-state index contributed by atoms with van der Waals surface area (Å²) >= 11 is 0. The molecule has 0 aliphatic carbocycles. The average Bonchev–Trinajstić information content (AvgIpc) is 3.16. The van der Waals surface area contributed by atoms with Gasteiger partial charge in [-0.25, -0.2) is 4.57 Å². The standard InChI is InChI=1S/C44H84NO9P/c1-3-5-7-9-11-13-15-17-19-20-21-22-23-25-27-29-31-33-35-37-51-38-41(39-52-55(49,50)53-40-42(45)44(47)48)54-43(46)36-34-32-30-28-26-24-18-16-14-12-10-8-6-4-2/h10,12,16,18,41-42H,3-9,11,13-15,17,19-40,45H2,1-2H3,(H,47,48)(H,49,50)/b12-10-,18-16-. The summed E-state index contributed by atoms with van der Waals surface area (Å²) in [6.45, 7) is 3.85. The Bertz CT molecular complexity index is 977. The number of phosphoric acid groups is 1. The van der Waals surface area contributed by atoms with Crippen molar-refractivity contribution in [2.24, 2.45) is 5.73 Å². The van der Waals surface area contributed by atoms with Gasteiger partial charge >= 0.3 is 19.8 Å². The van der Waals surface area contributed by atoms with Crippen LogP contribution in [0, 0.1) is 0 Å². The number of hydrogen-bond donors (Lipinski definition) is 3. The number of ether oxygens (including phenoxy) is 2. The molecule has 0 aromatic rings. The van der Waals surface area contributed by atoms with Gasteiger partial charge in [0.1, 0.15) is 12.1 Å². The van der Waals surface area contributed by atoms with Gasteiger partial charge in [-0.1, -0.05) is 186 Å². The predicted octanol–water partition coefficient (Wildman–Crippen LogP) is 12.3. The SMILES string of the molecule is CCCC/C=C\C/C=C\CCCCCCCC(=O)OC(COCCCCCCCCCCCCCCCCCCCCC)COP(=O)(O)OCC(N)C(=O)O. The second kappa shape index (κ2) is 40.6. The highest BCUT2D eigenvalue weighted by Gasteiger charge is 2.27. The van der Waals surface area contributed by atoms with Crippen LogP contribution in [0.2, 0.25) is 0 Å². The van der Waals surface area contributed by atoms with Gasteiger partial charge in [-0.3, -0.25) is 18.6 Å². The maximum absolute atomic E-state index is 12.6. The van der Waals surface area contributed by atoms with Crippen molar-refractivity contribution in [2.75, 3.05) is 26.4 Å². The summed E-state index contributed by atoms with van der Waals surface area (Å²) in [7, 11) is -4.62. The summed E-state index contributed by atoms with van der Waals surface area (Å²) in [5.74, 6) is -1.79. The van der Waals surface area contributed by atoms with Crippen LogP contribution in [0.25, 0.3) is 0 Å². The van der Waals surface area contributed by atoms with E-state index in [1.165, 1.54) is 116 Å². The Labute approximate surface area is 336 Å². The van der Waals surface area contributed by atoms with Crippen LogP contribution in [0.15, 0.2) is 24.3 Å². The van der Waals surface area contributed by atoms with Crippen LogP contribution in [0.1, 0.15) is 206 Å². The summed E-state index contributed by atoms with van der Waals surface area (Å²) in [6.07, 6.45) is 43.7. The third kappa shape index (κ3) is 40.4. The van der Waals surface area contributed by atoms with E-state index in [1.54, 1.807) is 0 Å². The number of carboxylic acids is 1. The van der Waals surface area contributed by atoms with Crippen molar-refractivity contribution in [3.63, 3.8) is 0 Å². The highest BCUT2D eigenvalue weighted by Crippen LogP contribution is 2.43. The number of carbonyl (C=O) groups excluding carboxylic acids is 1. The van der Waals surface area contributed by atoms with Crippen molar-refractivity contribution < 1.29 is 42.7 Å². The van der Waals surface area contributed by atoms with Crippen molar-refractivity contribution in [2.45, 2.75) is 219 Å². The van der Waals surface area contributed by atoms with E-state index in [0.29, 0.717) is 13.0 Å². The molecule has 0 aromatic heterocycles. The Kier molecular flexibility index (Phi) is 39.5. The molecule has 0 aliphatic heterocycles. The van der Waals surface area contributed by atoms with Gasteiger partial charge in [0.05, 0.1) is 19.8 Å². The fourth-order valence-electron chi connectivity index (χ4n) is 6.21. The van der Waals surface area contributed by atoms with Gasteiger partial charge in [-0.2, -0.15) is 0 Å². The molecular weight excluding hydrogens is 717 g/mol. The van der Waals surface area contributed by atoms with Gasteiger partial charge in [0, 0.05) is 13.0 Å². The fourth-order valence-corrected chi connectivity index (χ4v) is 6.99. The number of allylic oxidation sites excluding steroid dienone is 4. The van der Waals surface area contributed by atoms with E-state index in [0.717, 1.165) is 64.2 Å². The first kappa shape index (κ1) is 53.5. The molecule has 0 bridgehead atoms. The van der Waals surface area contributed by atoms with Gasteiger partial charge in [-0.05, 0) is 38.5 Å². The highest BCUT2D eigenvalue weighted by atomic mass is 31.2. The van der Waals surface area contributed by atoms with Crippen molar-refractivity contribution in [1.82, 2.24) is 0 Å². The minimum atomic E-state index is -4.62. The van der Waals surface area contributed by atoms with E-state index in [2.05, 4.69) is 38.2 Å². The molecule has 0 aromatic carbocycles. The van der Waals surface area contributed by atoms with Crippen molar-refractivity contribution in [1.29, 1.82) is 0 Å². The number of nitrogens with two attached hydrogens (primary N) is 1. The van der Waals surface area contributed by atoms with Crippen LogP contribution in [-0.2, 0) is 32.7 Å². The van der Waals surface area contributed by atoms with Crippen LogP contribution in [0.4, 0.5) is 0 Å². The van der Waals surface area contributed by atoms with E-state index >= 15 is 0 Å². The topological polar surface area (TPSA) is 155 Å². The van der Waals surface area contributed by atoms with Gasteiger partial charge in [0.2, 0.25) is 0 Å². The number of aliphatic carboxylic acids is 1. The van der Waals surface area contributed by atoms with Crippen molar-refractivity contribution in [3.8, 4) is 0 Å². The first-order chi connectivity index (χ1) is 26.7. The maximum atomic E-state index is 12.6. The lowest BCUT2D eigenvalue weighted by molar-refractivity contribution is -0.154. The third-order valence-electron chi connectivity index (χ3n) is 9.73. The molecule has 0 radical (unpaired) electrons. The zero-order chi connectivity index (χ0) is 40.5. The lowest BCUT2D eigenvalue weighted by Crippen LogP contribution is -2.34. The summed E-state index contributed by atoms with van der Waals surface area (Å²) in [5.41, 5.74) is 5.35. The van der Waals surface area contributed by atoms with Crippen LogP contribution in [0.5, 0.6) is 0 Å². The quantitative estimate of drug-likeness (QED) is 0.0235. The van der Waals surface area contributed by atoms with Crippen LogP contribution in [-0.4, -0.2) is 60.5 Å². The third-order valence-corrected chi connectivity index (χ3v) is 10.7. The maximum Gasteiger partial charge on any atom is 0.472 e. The molecule has 0 amide bonds. The number of carboxylic acid groups (broad SMARTS) is 1. The molecule has 0 saturated heterocycles. The Morgan fingerprint density at radius 1 is 0.582 bits per heavy atom. The molecule has 0 fully saturated rings. The Hall–Kier alpha value is -1.55. The Morgan fingerprint density at radius 3 is 1.53 bits per heavy atom. The second-order valence-electron chi connectivity index (χ2n) is 15.2. The summed E-state index contributed by atoms with van der Waals surface area (Å²) < 4.78 is 33.4. The molecule has 3 atom stereocenters. The zero-order valence-electron chi connectivity index (χ0n) is 35.3. The largest absolute Gasteiger partial charge is 0.480 e. The normalized spacial score (nSPS) is 14.1. The molecule has 11 heteroatoms. The Morgan fingerprint density at radius 2 is 1.02 bits per heavy atom. The molecule has 10 nitrogen and oxygen atoms in total. The van der Waals surface area contributed by atoms with E-state index in [9.17, 15) is 19.0 Å². The molecular formula is C44H84NO9P. The summed E-state index contributed by atoms with van der Waals surface area (Å²) in [6, 6.07) is -1.47. The number of unbranched alkanes of at least 4 members (excludes halogenated alkanes) is 25. The van der Waals surface area contributed by atoms with Crippen molar-refractivity contribution >= 4 is 19.8 Å². The summed E-state index contributed by atoms with van der Waals surface area (Å²) in [5, 5.41) is 8.89. The molecule has 0 rings (SSSR count). The molecule has 3 unspecified atom stereocenters. The number of rotatable bonds is 43. The smallest absolute Gasteiger partial charge is 0.472 e. The van der Waals surface area contributed by atoms with Gasteiger partial charge in [0.25, 0.3) is 0 Å². The average molecular weight is 802 g/mol. The first-order valence-corrected chi connectivity index (χ1v) is 23.9. The predicted molar refractivity (Wildman–Crippen MR) is 226 cm³/mol.